The third-order valence-corrected chi connectivity index (χ3v) is 0.707. The van der Waals surface area contributed by atoms with Crippen molar-refractivity contribution in [3.63, 3.8) is 0 Å². The van der Waals surface area contributed by atoms with E-state index in [1.165, 1.54) is 40.7 Å². The average molecular weight is 150 g/mol. The third-order valence-electron chi connectivity index (χ3n) is 0.707. The van der Waals surface area contributed by atoms with Gasteiger partial charge in [-0.1, -0.05) is 0 Å². The molecular formula is C6H22N4. The summed E-state index contributed by atoms with van der Waals surface area (Å²) >= 11 is 0. The second-order valence-electron chi connectivity index (χ2n) is 1.10. The largest absolute Gasteiger partial charge is 0.333 e. The van der Waals surface area contributed by atoms with E-state index in [0.717, 1.165) is 0 Å². The van der Waals surface area contributed by atoms with Gasteiger partial charge in [0.2, 0.25) is 0 Å². The lowest BCUT2D eigenvalue weighted by Crippen LogP contribution is -2.29. The van der Waals surface area contributed by atoms with Crippen molar-refractivity contribution in [3.8, 4) is 0 Å². The Morgan fingerprint density at radius 1 is 0.800 bits per heavy atom. The van der Waals surface area contributed by atoms with Crippen LogP contribution in [0.5, 0.6) is 0 Å². The van der Waals surface area contributed by atoms with E-state index in [2.05, 4.69) is 22.5 Å². The molecule has 0 unspecified atom stereocenters. The highest BCUT2D eigenvalue weighted by Crippen LogP contribution is 1.80. The molecular weight excluding hydrogens is 128 g/mol. The Bertz CT molecular complexity index is 17.7. The summed E-state index contributed by atoms with van der Waals surface area (Å²) in [6.07, 6.45) is 1.39. The van der Waals surface area contributed by atoms with Crippen molar-refractivity contribution in [1.29, 1.82) is 0 Å². The van der Waals surface area contributed by atoms with Crippen molar-refractivity contribution in [2.75, 3.05) is 34.2 Å². The lowest BCUT2D eigenvalue weighted by molar-refractivity contribution is 0.527. The Hall–Kier alpha value is -0.160. The second-order valence-corrected chi connectivity index (χ2v) is 1.10. The van der Waals surface area contributed by atoms with Crippen LogP contribution in [0.15, 0.2) is 0 Å². The maximum atomic E-state index is 4.50. The number of nitrogens with two attached hydrogens (primary N) is 3. The van der Waals surface area contributed by atoms with Gasteiger partial charge in [0.05, 0.1) is 0 Å². The Labute approximate surface area is 64.1 Å². The first-order chi connectivity index (χ1) is 5.00. The molecule has 0 bridgehead atoms. The van der Waals surface area contributed by atoms with Crippen molar-refractivity contribution in [2.45, 2.75) is 6.42 Å². The average Bonchev–Trinajstić information content (AvgIpc) is 1.96. The summed E-state index contributed by atoms with van der Waals surface area (Å²) in [5.41, 5.74) is 13.5. The van der Waals surface area contributed by atoms with Crippen molar-refractivity contribution in [1.82, 2.24) is 5.32 Å². The summed E-state index contributed by atoms with van der Waals surface area (Å²) < 4.78 is 0. The highest BCUT2D eigenvalue weighted by molar-refractivity contribution is 4.56. The van der Waals surface area contributed by atoms with Crippen LogP contribution in [0.1, 0.15) is 6.42 Å². The smallest absolute Gasteiger partial charge is 0.00368 e. The summed E-state index contributed by atoms with van der Waals surface area (Å²) in [5.74, 6) is 0. The molecule has 7 N–H and O–H groups in total. The summed E-state index contributed by atoms with van der Waals surface area (Å²) in [4.78, 5) is 0. The van der Waals surface area contributed by atoms with E-state index in [1.54, 1.807) is 0 Å². The molecule has 0 aromatic carbocycles. The van der Waals surface area contributed by atoms with Crippen molar-refractivity contribution in [2.24, 2.45) is 17.2 Å². The van der Waals surface area contributed by atoms with Gasteiger partial charge in [-0.3, -0.25) is 0 Å². The quantitative estimate of drug-likeness (QED) is 0.346. The van der Waals surface area contributed by atoms with Crippen LogP contribution in [0.3, 0.4) is 0 Å². The number of hydrogen-bond donors (Lipinski definition) is 4. The zero-order valence-corrected chi connectivity index (χ0v) is 7.35. The van der Waals surface area contributed by atoms with E-state index in [4.69, 9.17) is 0 Å². The summed E-state index contributed by atoms with van der Waals surface area (Å²) in [7, 11) is 4.50. The minimum absolute atomic E-state index is 1.25. The van der Waals surface area contributed by atoms with Gasteiger partial charge in [0.15, 0.2) is 0 Å². The van der Waals surface area contributed by atoms with E-state index in [1.807, 2.05) is 0 Å². The molecule has 0 radical (unpaired) electrons. The molecule has 10 heavy (non-hydrogen) atoms. The molecule has 1 aliphatic heterocycles. The molecule has 1 aliphatic rings. The molecule has 1 saturated heterocycles. The first-order valence-electron chi connectivity index (χ1n) is 3.44. The van der Waals surface area contributed by atoms with Crippen LogP contribution in [0.25, 0.3) is 0 Å². The van der Waals surface area contributed by atoms with Crippen LogP contribution in [0.4, 0.5) is 0 Å². The Morgan fingerprint density at radius 3 is 0.900 bits per heavy atom. The van der Waals surface area contributed by atoms with Crippen LogP contribution in [-0.4, -0.2) is 34.2 Å². The molecule has 4 nitrogen and oxygen atoms in total. The first-order valence-corrected chi connectivity index (χ1v) is 3.44. The Morgan fingerprint density at radius 2 is 0.900 bits per heavy atom. The van der Waals surface area contributed by atoms with Crippen LogP contribution >= 0.6 is 0 Å². The van der Waals surface area contributed by atoms with Gasteiger partial charge in [0.25, 0.3) is 0 Å². The number of rotatable bonds is 0. The van der Waals surface area contributed by atoms with Gasteiger partial charge >= 0.3 is 0 Å². The fraction of sp³-hybridized carbons (Fsp3) is 1.00. The molecule has 0 spiro atoms. The monoisotopic (exact) mass is 150 g/mol. The molecule has 0 aliphatic carbocycles. The minimum Gasteiger partial charge on any atom is -0.333 e. The molecule has 1 heterocycles. The standard InChI is InChI=1S/C3H7N.3CH5N/c1-2-4-3-1;3*1-2/h4H,1-3H2;3*2H2,1H3. The van der Waals surface area contributed by atoms with E-state index >= 15 is 0 Å². The lowest BCUT2D eigenvalue weighted by Gasteiger charge is -2.09. The predicted octanol–water partition coefficient (Wildman–Crippen LogP) is -1.30. The number of hydrogen-bond acceptors (Lipinski definition) is 4. The van der Waals surface area contributed by atoms with Gasteiger partial charge in [-0.05, 0) is 40.7 Å². The third kappa shape index (κ3) is 24.9. The summed E-state index contributed by atoms with van der Waals surface area (Å²) in [6, 6.07) is 0. The van der Waals surface area contributed by atoms with Crippen molar-refractivity contribution < 1.29 is 0 Å². The van der Waals surface area contributed by atoms with E-state index in [-0.39, 0.29) is 0 Å². The predicted molar refractivity (Wildman–Crippen MR) is 47.8 cm³/mol. The van der Waals surface area contributed by atoms with E-state index < -0.39 is 0 Å². The van der Waals surface area contributed by atoms with Crippen LogP contribution in [0, 0.1) is 0 Å². The first kappa shape index (κ1) is 16.4. The highest BCUT2D eigenvalue weighted by Gasteiger charge is 1.92. The molecule has 66 valence electrons. The molecule has 0 saturated carbocycles. The van der Waals surface area contributed by atoms with Gasteiger partial charge in [-0.25, -0.2) is 0 Å². The fourth-order valence-electron chi connectivity index (χ4n) is 0.177. The highest BCUT2D eigenvalue weighted by atomic mass is 14.9. The van der Waals surface area contributed by atoms with E-state index in [9.17, 15) is 0 Å². The molecule has 0 atom stereocenters. The van der Waals surface area contributed by atoms with E-state index in [0.29, 0.717) is 0 Å². The lowest BCUT2D eigenvalue weighted by atomic mass is 10.3. The van der Waals surface area contributed by atoms with Gasteiger partial charge in [-0.15, -0.1) is 0 Å². The maximum absolute atomic E-state index is 4.50. The molecule has 1 rings (SSSR count). The topological polar surface area (TPSA) is 90.1 Å². The van der Waals surface area contributed by atoms with Crippen molar-refractivity contribution in [3.05, 3.63) is 0 Å². The molecule has 0 aromatic heterocycles. The Kier molecular flexibility index (Phi) is 60.6. The zero-order chi connectivity index (χ0) is 8.83. The van der Waals surface area contributed by atoms with Crippen molar-refractivity contribution >= 4 is 0 Å². The van der Waals surface area contributed by atoms with Crippen LogP contribution in [-0.2, 0) is 0 Å². The Balaban J connectivity index is -0.0000000729. The normalized spacial score (nSPS) is 11.4. The minimum atomic E-state index is 1.25. The van der Waals surface area contributed by atoms with Gasteiger partial charge < -0.3 is 22.5 Å². The maximum Gasteiger partial charge on any atom is -0.00368 e. The van der Waals surface area contributed by atoms with Crippen LogP contribution < -0.4 is 22.5 Å². The molecule has 1 fully saturated rings. The molecule has 0 amide bonds. The van der Waals surface area contributed by atoms with Gasteiger partial charge in [-0.2, -0.15) is 0 Å². The van der Waals surface area contributed by atoms with Gasteiger partial charge in [0, 0.05) is 0 Å². The summed E-state index contributed by atoms with van der Waals surface area (Å²) in [5, 5.41) is 3.11. The second kappa shape index (κ2) is 36.8. The van der Waals surface area contributed by atoms with Gasteiger partial charge in [0.1, 0.15) is 0 Å². The molecule has 0 aromatic rings. The van der Waals surface area contributed by atoms with Crippen LogP contribution in [0.2, 0.25) is 0 Å². The SMILES string of the molecule is C1CNC1.CN.CN.CN. The zero-order valence-electron chi connectivity index (χ0n) is 7.35. The molecule has 4 heteroatoms. The fourth-order valence-corrected chi connectivity index (χ4v) is 0.177. The number of nitrogens with one attached hydrogen (secondary N) is 1. The summed E-state index contributed by atoms with van der Waals surface area (Å²) in [6.45, 7) is 2.50.